The van der Waals surface area contributed by atoms with Crippen molar-refractivity contribution in [1.29, 1.82) is 0 Å². The molecule has 0 bridgehead atoms. The Morgan fingerprint density at radius 3 is 2.08 bits per heavy atom. The second kappa shape index (κ2) is 10.3. The lowest BCUT2D eigenvalue weighted by Crippen LogP contribution is -2.61. The number of hydrogen-bond donors (Lipinski definition) is 3. The largest absolute Gasteiger partial charge is 0.434 e. The molecule has 5 atom stereocenters. The molecule has 2 saturated carbocycles. The molecule has 1 saturated heterocycles. The van der Waals surface area contributed by atoms with E-state index in [1.165, 1.54) is 0 Å². The van der Waals surface area contributed by atoms with Crippen LogP contribution in [0.4, 0.5) is 18.0 Å². The molecule has 220 valence electrons. The highest BCUT2D eigenvalue weighted by Gasteiger charge is 2.74. The second-order valence-electron chi connectivity index (χ2n) is 12.1. The van der Waals surface area contributed by atoms with Crippen LogP contribution in [0.5, 0.6) is 0 Å². The predicted molar refractivity (Wildman–Crippen MR) is 133 cm³/mol. The van der Waals surface area contributed by atoms with Gasteiger partial charge in [-0.1, -0.05) is 33.6 Å². The molecule has 3 fully saturated rings. The number of halogens is 5. The summed E-state index contributed by atoms with van der Waals surface area (Å²) in [6.45, 7) is 5.97. The third-order valence-electron chi connectivity index (χ3n) is 7.43. The van der Waals surface area contributed by atoms with Crippen molar-refractivity contribution in [3.8, 4) is 0 Å². The monoisotopic (exact) mass is 600 g/mol. The van der Waals surface area contributed by atoms with E-state index in [0.717, 1.165) is 17.7 Å². The maximum Gasteiger partial charge on any atom is 0.427 e. The van der Waals surface area contributed by atoms with Crippen LogP contribution in [0.15, 0.2) is 0 Å². The lowest BCUT2D eigenvalue weighted by atomic mass is 9.85. The first-order valence-corrected chi connectivity index (χ1v) is 13.2. The quantitative estimate of drug-likeness (QED) is 0.273. The summed E-state index contributed by atoms with van der Waals surface area (Å²) in [6.07, 6.45) is -4.50. The fraction of sp³-hybridized carbons (Fsp3) is 0.792. The number of piperidine rings is 1. The number of amides is 4. The molecule has 3 aliphatic rings. The number of likely N-dealkylation sites (tertiary alicyclic amines) is 1. The smallest absolute Gasteiger partial charge is 0.427 e. The zero-order valence-corrected chi connectivity index (χ0v) is 23.7. The minimum atomic E-state index is -4.87. The summed E-state index contributed by atoms with van der Waals surface area (Å²) in [5.74, 6) is -4.85. The predicted octanol–water partition coefficient (Wildman–Crippen LogP) is 2.44. The lowest BCUT2D eigenvalue weighted by Gasteiger charge is -2.38. The highest BCUT2D eigenvalue weighted by molar-refractivity contribution is 6.51. The van der Waals surface area contributed by atoms with Gasteiger partial charge in [-0.25, -0.2) is 4.79 Å². The van der Waals surface area contributed by atoms with Crippen molar-refractivity contribution in [3.05, 3.63) is 0 Å². The van der Waals surface area contributed by atoms with E-state index in [1.54, 1.807) is 20.8 Å². The van der Waals surface area contributed by atoms with Gasteiger partial charge in [0.25, 0.3) is 5.91 Å². The number of primary amides is 1. The number of nitrogens with two attached hydrogens (primary N) is 1. The molecule has 15 heteroatoms. The molecular formula is C24H33Cl2F3N4O6. The third-order valence-corrected chi connectivity index (χ3v) is 8.50. The second-order valence-corrected chi connectivity index (χ2v) is 13.5. The van der Waals surface area contributed by atoms with Gasteiger partial charge in [0.15, 0.2) is 0 Å². The van der Waals surface area contributed by atoms with E-state index in [-0.39, 0.29) is 18.9 Å². The summed E-state index contributed by atoms with van der Waals surface area (Å²) in [7, 11) is 0. The number of nitrogens with zero attached hydrogens (tertiary/aromatic N) is 1. The summed E-state index contributed by atoms with van der Waals surface area (Å²) in [6, 6.07) is -3.88. The molecule has 0 spiro atoms. The fourth-order valence-corrected chi connectivity index (χ4v) is 5.56. The van der Waals surface area contributed by atoms with Gasteiger partial charge in [0.1, 0.15) is 16.4 Å². The zero-order valence-electron chi connectivity index (χ0n) is 22.2. The Kier molecular flexibility index (Phi) is 8.24. The summed E-state index contributed by atoms with van der Waals surface area (Å²) < 4.78 is 42.9. The number of nitrogens with one attached hydrogen (secondary N) is 2. The number of fused-ring (bicyclic) bond motifs is 1. The molecule has 0 aromatic rings. The van der Waals surface area contributed by atoms with Crippen LogP contribution in [0.1, 0.15) is 53.9 Å². The van der Waals surface area contributed by atoms with Crippen LogP contribution in [-0.4, -0.2) is 75.3 Å². The van der Waals surface area contributed by atoms with Gasteiger partial charge in [-0.05, 0) is 31.6 Å². The molecule has 0 aromatic heterocycles. The van der Waals surface area contributed by atoms with Gasteiger partial charge in [-0.15, -0.1) is 23.2 Å². The molecule has 39 heavy (non-hydrogen) atoms. The highest BCUT2D eigenvalue weighted by Crippen LogP contribution is 2.65. The van der Waals surface area contributed by atoms with Gasteiger partial charge in [0.2, 0.25) is 23.2 Å². The van der Waals surface area contributed by atoms with Gasteiger partial charge in [-0.2, -0.15) is 13.2 Å². The van der Waals surface area contributed by atoms with Crippen LogP contribution in [0.25, 0.3) is 0 Å². The summed E-state index contributed by atoms with van der Waals surface area (Å²) in [5, 5.41) is 4.73. The first kappa shape index (κ1) is 31.3. The van der Waals surface area contributed by atoms with Crippen LogP contribution in [0.2, 0.25) is 0 Å². The van der Waals surface area contributed by atoms with Gasteiger partial charge >= 0.3 is 12.3 Å². The van der Waals surface area contributed by atoms with Crippen molar-refractivity contribution in [1.82, 2.24) is 15.5 Å². The molecule has 1 heterocycles. The van der Waals surface area contributed by atoms with Gasteiger partial charge < -0.3 is 26.0 Å². The number of rotatable bonds is 9. The van der Waals surface area contributed by atoms with Gasteiger partial charge in [0, 0.05) is 18.4 Å². The van der Waals surface area contributed by atoms with Crippen LogP contribution >= 0.6 is 23.2 Å². The van der Waals surface area contributed by atoms with E-state index >= 15 is 0 Å². The van der Waals surface area contributed by atoms with E-state index < -0.39 is 81.1 Å². The van der Waals surface area contributed by atoms with E-state index in [0.29, 0.717) is 13.8 Å². The molecule has 0 aromatic carbocycles. The molecular weight excluding hydrogens is 568 g/mol. The van der Waals surface area contributed by atoms with Crippen LogP contribution < -0.4 is 16.4 Å². The molecule has 4 amide bonds. The normalized spacial score (nSPS) is 25.7. The Balaban J connectivity index is 1.83. The van der Waals surface area contributed by atoms with E-state index in [4.69, 9.17) is 28.9 Å². The van der Waals surface area contributed by atoms with Crippen molar-refractivity contribution < 1.29 is 41.9 Å². The van der Waals surface area contributed by atoms with Gasteiger partial charge in [0.05, 0.1) is 6.04 Å². The topological polar surface area (TPSA) is 148 Å². The number of hydrogen-bond acceptors (Lipinski definition) is 6. The fourth-order valence-electron chi connectivity index (χ4n) is 4.73. The Hall–Kier alpha value is -2.28. The number of alkyl carbamates (subject to hydrolysis) is 1. The summed E-state index contributed by atoms with van der Waals surface area (Å²) in [5.41, 5.74) is 1.29. The molecule has 4 N–H and O–H groups in total. The Labute approximate surface area is 233 Å². The third kappa shape index (κ3) is 6.55. The lowest BCUT2D eigenvalue weighted by molar-refractivity contribution is -0.244. The van der Waals surface area contributed by atoms with Crippen molar-refractivity contribution in [2.24, 2.45) is 28.9 Å². The average Bonchev–Trinajstić information content (AvgIpc) is 3.61. The standard InChI is InChI=1S/C24H33Cl2F3N4O6/c1-21(2,3)16(32-20(38)39-22(4,5)24(27,28)29)19(37)33-9-11-13(23(11,25)26)14(33)18(36)31-12(8-10-6-7-10)15(34)17(30)35/h10-14,16H,6-9H2,1-5H3,(H2,30,35)(H,31,36)(H,32,38)/t11-,12?,13-,14-,16+/m0/s1. The number of ether oxygens (including phenoxy) is 1. The minimum absolute atomic E-state index is 0.0804. The van der Waals surface area contributed by atoms with Crippen LogP contribution in [0, 0.1) is 23.2 Å². The zero-order chi connectivity index (χ0) is 29.9. The molecule has 3 rings (SSSR count). The number of carbonyl (C=O) groups is 5. The van der Waals surface area contributed by atoms with Crippen LogP contribution in [0.3, 0.4) is 0 Å². The molecule has 10 nitrogen and oxygen atoms in total. The number of ketones is 1. The van der Waals surface area contributed by atoms with Crippen molar-refractivity contribution in [2.45, 2.75) is 88.1 Å². The van der Waals surface area contributed by atoms with Crippen molar-refractivity contribution in [2.75, 3.05) is 6.54 Å². The maximum atomic E-state index is 13.7. The van der Waals surface area contributed by atoms with Gasteiger partial charge in [-0.3, -0.25) is 19.2 Å². The molecule has 1 unspecified atom stereocenters. The van der Waals surface area contributed by atoms with E-state index in [2.05, 4.69) is 15.4 Å². The first-order valence-electron chi connectivity index (χ1n) is 12.5. The number of Topliss-reactive ketones (excluding diaryl/α,β-unsaturated/α-hetero) is 1. The maximum absolute atomic E-state index is 13.7. The SMILES string of the molecule is CC(C)(C)[C@H](NC(=O)OC(C)(C)C(F)(F)F)C(=O)N1C[C@H]2[C@@H]([C@H]1C(=O)NC(CC1CC1)C(=O)C(N)=O)C2(Cl)Cl. The van der Waals surface area contributed by atoms with E-state index in [1.807, 2.05) is 0 Å². The summed E-state index contributed by atoms with van der Waals surface area (Å²) in [4.78, 5) is 64.7. The Morgan fingerprint density at radius 1 is 1.05 bits per heavy atom. The number of alkyl halides is 5. The Morgan fingerprint density at radius 2 is 1.62 bits per heavy atom. The van der Waals surface area contributed by atoms with E-state index in [9.17, 15) is 37.1 Å². The molecule has 0 radical (unpaired) electrons. The first-order chi connectivity index (χ1) is 17.6. The van der Waals surface area contributed by atoms with Crippen molar-refractivity contribution >= 4 is 52.8 Å². The highest BCUT2D eigenvalue weighted by atomic mass is 35.5. The molecule has 1 aliphatic heterocycles. The minimum Gasteiger partial charge on any atom is -0.434 e. The Bertz CT molecular complexity index is 1060. The van der Waals surface area contributed by atoms with Crippen molar-refractivity contribution in [3.63, 3.8) is 0 Å². The summed E-state index contributed by atoms with van der Waals surface area (Å²) >= 11 is 12.7. The van der Waals surface area contributed by atoms with Crippen LogP contribution in [-0.2, 0) is 23.9 Å². The number of carbonyl (C=O) groups excluding carboxylic acids is 5. The average molecular weight is 601 g/mol. The molecule has 2 aliphatic carbocycles.